The van der Waals surface area contributed by atoms with Crippen molar-refractivity contribution >= 4 is 29.5 Å². The number of amides is 5. The number of piperidine rings is 1. The molecule has 5 amide bonds. The van der Waals surface area contributed by atoms with E-state index in [4.69, 9.17) is 4.74 Å². The second-order valence-electron chi connectivity index (χ2n) is 17.4. The molecule has 11 nitrogen and oxygen atoms in total. The molecule has 0 bridgehead atoms. The number of nitrogens with one attached hydrogen (secondary N) is 4. The van der Waals surface area contributed by atoms with E-state index < -0.39 is 46.7 Å². The van der Waals surface area contributed by atoms with Crippen molar-refractivity contribution in [1.29, 1.82) is 0 Å². The first kappa shape index (κ1) is 39.8. The Labute approximate surface area is 300 Å². The first-order chi connectivity index (χ1) is 23.5. The maximum atomic E-state index is 14.9. The highest BCUT2D eigenvalue weighted by atomic mass is 16.5. The molecule has 5 atom stereocenters. The Kier molecular flexibility index (Phi) is 12.9. The highest BCUT2D eigenvalue weighted by Gasteiger charge is 2.70. The van der Waals surface area contributed by atoms with Crippen LogP contribution in [0.5, 0.6) is 0 Å². The third-order valence-corrected chi connectivity index (χ3v) is 12.1. The topological polar surface area (TPSA) is 146 Å². The van der Waals surface area contributed by atoms with Gasteiger partial charge < -0.3 is 30.9 Å². The minimum absolute atomic E-state index is 0.0864. The van der Waals surface area contributed by atoms with Crippen molar-refractivity contribution in [1.82, 2.24) is 26.2 Å². The van der Waals surface area contributed by atoms with E-state index in [1.807, 2.05) is 27.7 Å². The van der Waals surface area contributed by atoms with E-state index in [-0.39, 0.29) is 41.3 Å². The Hall–Kier alpha value is -2.95. The van der Waals surface area contributed by atoms with Crippen LogP contribution in [0.1, 0.15) is 132 Å². The van der Waals surface area contributed by atoms with Crippen molar-refractivity contribution in [3.05, 3.63) is 12.7 Å². The average molecular weight is 700 g/mol. The minimum atomic E-state index is -0.998. The number of hydrogen-bond donors (Lipinski definition) is 4. The summed E-state index contributed by atoms with van der Waals surface area (Å²) in [5.41, 5.74) is -1.51. The molecule has 4 fully saturated rings. The summed E-state index contributed by atoms with van der Waals surface area (Å²) in [7, 11) is 0. The fraction of sp³-hybridized carbons (Fsp3) is 0.821. The van der Waals surface area contributed by atoms with Crippen molar-refractivity contribution in [3.8, 4) is 0 Å². The lowest BCUT2D eigenvalue weighted by atomic mass is 9.70. The molecule has 0 aromatic heterocycles. The summed E-state index contributed by atoms with van der Waals surface area (Å²) in [6.45, 7) is 18.9. The molecule has 0 spiro atoms. The van der Waals surface area contributed by atoms with Crippen LogP contribution in [0.3, 0.4) is 0 Å². The molecule has 0 radical (unpaired) electrons. The molecule has 282 valence electrons. The standard InChI is InChI=1S/C39H65N5O6/c1-9-11-18-27(30(45)33(47)40-23-10-2)41-32(46)29-28-26(37(28,6)7)24-44(29)34(48)31(38(8)19-14-12-15-20-38)42-35(49)43-39(21-16-13-17-22-39)25-50-36(3,4)5/h10,26-29,31H,2,9,11-25H2,1,3-8H3,(H,40,47)(H,41,46)(H2,42,43,49)/t26?,27?,28-,29?,31?/m0/s1. The van der Waals surface area contributed by atoms with E-state index in [2.05, 4.69) is 48.6 Å². The summed E-state index contributed by atoms with van der Waals surface area (Å²) < 4.78 is 6.21. The summed E-state index contributed by atoms with van der Waals surface area (Å²) >= 11 is 0. The predicted octanol–water partition coefficient (Wildman–Crippen LogP) is 5.17. The number of ether oxygens (including phenoxy) is 1. The Balaban J connectivity index is 1.59. The molecule has 4 unspecified atom stereocenters. The third kappa shape index (κ3) is 9.28. The molecule has 4 rings (SSSR count). The second kappa shape index (κ2) is 16.2. The van der Waals surface area contributed by atoms with Crippen LogP contribution < -0.4 is 21.3 Å². The zero-order chi connectivity index (χ0) is 36.9. The highest BCUT2D eigenvalue weighted by molar-refractivity contribution is 6.38. The van der Waals surface area contributed by atoms with Gasteiger partial charge in [-0.05, 0) is 75.5 Å². The van der Waals surface area contributed by atoms with Crippen LogP contribution in [0, 0.1) is 22.7 Å². The van der Waals surface area contributed by atoms with Crippen LogP contribution >= 0.6 is 0 Å². The zero-order valence-corrected chi connectivity index (χ0v) is 31.9. The zero-order valence-electron chi connectivity index (χ0n) is 31.9. The Morgan fingerprint density at radius 2 is 1.56 bits per heavy atom. The number of likely N-dealkylation sites (tertiary alicyclic amines) is 1. The van der Waals surface area contributed by atoms with Gasteiger partial charge in [0.25, 0.3) is 5.91 Å². The number of carbonyl (C=O) groups is 5. The fourth-order valence-corrected chi connectivity index (χ4v) is 8.80. The molecule has 0 aromatic carbocycles. The van der Waals surface area contributed by atoms with Crippen LogP contribution in [-0.4, -0.2) is 83.4 Å². The van der Waals surface area contributed by atoms with E-state index in [0.717, 1.165) is 70.6 Å². The quantitative estimate of drug-likeness (QED) is 0.137. The summed E-state index contributed by atoms with van der Waals surface area (Å²) in [6.07, 6.45) is 12.6. The van der Waals surface area contributed by atoms with Gasteiger partial charge in [-0.2, -0.15) is 0 Å². The molecule has 3 saturated carbocycles. The molecule has 3 aliphatic carbocycles. The van der Waals surface area contributed by atoms with Crippen molar-refractivity contribution in [2.24, 2.45) is 22.7 Å². The maximum absolute atomic E-state index is 14.9. The summed E-state index contributed by atoms with van der Waals surface area (Å²) in [4.78, 5) is 70.6. The van der Waals surface area contributed by atoms with E-state index >= 15 is 0 Å². The summed E-state index contributed by atoms with van der Waals surface area (Å²) in [6, 6.07) is -3.01. The van der Waals surface area contributed by atoms with Gasteiger partial charge in [0.05, 0.1) is 23.8 Å². The number of rotatable bonds is 15. The Morgan fingerprint density at radius 1 is 0.940 bits per heavy atom. The van der Waals surface area contributed by atoms with Gasteiger partial charge >= 0.3 is 6.03 Å². The highest BCUT2D eigenvalue weighted by Crippen LogP contribution is 2.65. The van der Waals surface area contributed by atoms with Crippen molar-refractivity contribution in [3.63, 3.8) is 0 Å². The van der Waals surface area contributed by atoms with Crippen LogP contribution in [0.4, 0.5) is 4.79 Å². The van der Waals surface area contributed by atoms with E-state index in [1.165, 1.54) is 6.08 Å². The maximum Gasteiger partial charge on any atom is 0.315 e. The molecule has 50 heavy (non-hydrogen) atoms. The predicted molar refractivity (Wildman–Crippen MR) is 194 cm³/mol. The lowest BCUT2D eigenvalue weighted by Crippen LogP contribution is -2.64. The van der Waals surface area contributed by atoms with Gasteiger partial charge in [0, 0.05) is 13.1 Å². The van der Waals surface area contributed by atoms with Crippen molar-refractivity contribution < 1.29 is 28.7 Å². The van der Waals surface area contributed by atoms with Crippen LogP contribution in [0.2, 0.25) is 0 Å². The Morgan fingerprint density at radius 3 is 2.14 bits per heavy atom. The molecule has 4 aliphatic rings. The van der Waals surface area contributed by atoms with Crippen molar-refractivity contribution in [2.45, 2.75) is 161 Å². The van der Waals surface area contributed by atoms with Gasteiger partial charge in [-0.25, -0.2) is 4.79 Å². The molecule has 1 aliphatic heterocycles. The Bertz CT molecular complexity index is 1260. The first-order valence-corrected chi connectivity index (χ1v) is 19.2. The van der Waals surface area contributed by atoms with Crippen LogP contribution in [0.25, 0.3) is 0 Å². The smallest absolute Gasteiger partial charge is 0.315 e. The van der Waals surface area contributed by atoms with Gasteiger partial charge in [-0.3, -0.25) is 19.2 Å². The normalized spacial score (nSPS) is 26.1. The lowest BCUT2D eigenvalue weighted by Gasteiger charge is -2.44. The molecule has 0 aromatic rings. The largest absolute Gasteiger partial charge is 0.373 e. The average Bonchev–Trinajstić information content (AvgIpc) is 3.37. The molecule has 1 saturated heterocycles. The number of hydrogen-bond acceptors (Lipinski definition) is 6. The SMILES string of the molecule is C=CCNC(=O)C(=O)C(CCCC)NC(=O)C1[C@@H]2C(CN1C(=O)C(NC(=O)NC1(COC(C)(C)C)CCCCC1)C1(C)CCCCC1)C2(C)C. The van der Waals surface area contributed by atoms with E-state index in [9.17, 15) is 24.0 Å². The van der Waals surface area contributed by atoms with Crippen LogP contribution in [0.15, 0.2) is 12.7 Å². The molecule has 11 heteroatoms. The van der Waals surface area contributed by atoms with Gasteiger partial charge in [-0.1, -0.05) is 85.1 Å². The second-order valence-corrected chi connectivity index (χ2v) is 17.4. The first-order valence-electron chi connectivity index (χ1n) is 19.2. The van der Waals surface area contributed by atoms with E-state index in [0.29, 0.717) is 26.0 Å². The molecule has 4 N–H and O–H groups in total. The lowest BCUT2D eigenvalue weighted by molar-refractivity contribution is -0.146. The number of nitrogens with zero attached hydrogens (tertiary/aromatic N) is 1. The minimum Gasteiger partial charge on any atom is -0.373 e. The van der Waals surface area contributed by atoms with Gasteiger partial charge in [0.2, 0.25) is 17.6 Å². The summed E-state index contributed by atoms with van der Waals surface area (Å²) in [5, 5.41) is 11.9. The molecular formula is C39H65N5O6. The number of fused-ring (bicyclic) bond motifs is 1. The monoisotopic (exact) mass is 699 g/mol. The molecule has 1 heterocycles. The number of carbonyl (C=O) groups excluding carboxylic acids is 5. The number of urea groups is 1. The van der Waals surface area contributed by atoms with Gasteiger partial charge in [-0.15, -0.1) is 6.58 Å². The molecular weight excluding hydrogens is 634 g/mol. The van der Waals surface area contributed by atoms with Gasteiger partial charge in [0.15, 0.2) is 0 Å². The number of unbranched alkanes of at least 4 members (excludes halogenated alkanes) is 1. The van der Waals surface area contributed by atoms with Crippen molar-refractivity contribution in [2.75, 3.05) is 19.7 Å². The third-order valence-electron chi connectivity index (χ3n) is 12.1. The van der Waals surface area contributed by atoms with E-state index in [1.54, 1.807) is 4.90 Å². The fourth-order valence-electron chi connectivity index (χ4n) is 8.80. The van der Waals surface area contributed by atoms with Gasteiger partial charge in [0.1, 0.15) is 12.1 Å². The number of ketones is 1. The summed E-state index contributed by atoms with van der Waals surface area (Å²) in [5.74, 6) is -2.10. The number of Topliss-reactive ketones (excluding diaryl/α,β-unsaturated/α-hetero) is 1. The van der Waals surface area contributed by atoms with Crippen LogP contribution in [-0.2, 0) is 23.9 Å².